The molecule has 0 saturated carbocycles. The molecule has 5 nitrogen and oxygen atoms in total. The predicted octanol–water partition coefficient (Wildman–Crippen LogP) is 3.74. The van der Waals surface area contributed by atoms with E-state index in [-0.39, 0.29) is 12.1 Å². The highest BCUT2D eigenvalue weighted by Crippen LogP contribution is 2.38. The molecule has 1 aliphatic rings. The highest BCUT2D eigenvalue weighted by Gasteiger charge is 2.30. The maximum absolute atomic E-state index is 5.37. The van der Waals surface area contributed by atoms with Crippen LogP contribution >= 0.6 is 0 Å². The molecule has 2 heterocycles. The summed E-state index contributed by atoms with van der Waals surface area (Å²) in [5.74, 6) is 1.68. The van der Waals surface area contributed by atoms with Gasteiger partial charge in [-0.05, 0) is 42.2 Å². The number of hydrogen-bond acceptors (Lipinski definition) is 4. The van der Waals surface area contributed by atoms with E-state index in [1.807, 2.05) is 16.8 Å². The molecule has 3 aromatic rings. The van der Waals surface area contributed by atoms with Crippen molar-refractivity contribution in [3.05, 3.63) is 71.5 Å². The van der Waals surface area contributed by atoms with Crippen molar-refractivity contribution < 1.29 is 4.74 Å². The smallest absolute Gasteiger partial charge is 0.222 e. The van der Waals surface area contributed by atoms with Gasteiger partial charge in [0.1, 0.15) is 12.1 Å². The molecule has 0 fully saturated rings. The molecule has 2 unspecified atom stereocenters. The molecule has 0 spiro atoms. The Morgan fingerprint density at radius 3 is 2.88 bits per heavy atom. The summed E-state index contributed by atoms with van der Waals surface area (Å²) in [4.78, 5) is 4.39. The first-order chi connectivity index (χ1) is 11.8. The van der Waals surface area contributed by atoms with Crippen LogP contribution in [0.25, 0.3) is 0 Å². The average Bonchev–Trinajstić information content (AvgIpc) is 3.10. The van der Waals surface area contributed by atoms with Crippen molar-refractivity contribution in [1.82, 2.24) is 14.8 Å². The van der Waals surface area contributed by atoms with Gasteiger partial charge in [-0.1, -0.05) is 36.4 Å². The van der Waals surface area contributed by atoms with Crippen molar-refractivity contribution in [2.24, 2.45) is 0 Å². The molecule has 5 heteroatoms. The van der Waals surface area contributed by atoms with Crippen LogP contribution in [0.4, 0.5) is 5.95 Å². The number of aromatic nitrogens is 3. The number of nitrogens with zero attached hydrogens (tertiary/aromatic N) is 3. The van der Waals surface area contributed by atoms with Crippen LogP contribution in [0.1, 0.15) is 35.2 Å². The van der Waals surface area contributed by atoms with E-state index in [0.29, 0.717) is 0 Å². The molecule has 2 aromatic carbocycles. The van der Waals surface area contributed by atoms with E-state index >= 15 is 0 Å². The molecule has 0 radical (unpaired) electrons. The fourth-order valence-corrected chi connectivity index (χ4v) is 3.42. The molecule has 24 heavy (non-hydrogen) atoms. The molecule has 1 aliphatic heterocycles. The van der Waals surface area contributed by atoms with Gasteiger partial charge >= 0.3 is 0 Å². The van der Waals surface area contributed by atoms with Crippen LogP contribution in [-0.4, -0.2) is 21.9 Å². The Labute approximate surface area is 141 Å². The van der Waals surface area contributed by atoms with Crippen LogP contribution in [0, 0.1) is 6.92 Å². The van der Waals surface area contributed by atoms with Crippen molar-refractivity contribution in [2.75, 3.05) is 12.4 Å². The third-order valence-corrected chi connectivity index (χ3v) is 4.67. The molecule has 0 bridgehead atoms. The van der Waals surface area contributed by atoms with Gasteiger partial charge in [0.05, 0.1) is 19.2 Å². The summed E-state index contributed by atoms with van der Waals surface area (Å²) in [7, 11) is 1.69. The zero-order valence-corrected chi connectivity index (χ0v) is 13.8. The van der Waals surface area contributed by atoms with Crippen LogP contribution in [0.2, 0.25) is 0 Å². The minimum absolute atomic E-state index is 0.168. The number of ether oxygens (including phenoxy) is 1. The second-order valence-electron chi connectivity index (χ2n) is 6.11. The number of nitrogens with one attached hydrogen (secondary N) is 1. The number of methoxy groups -OCH3 is 1. The van der Waals surface area contributed by atoms with Gasteiger partial charge < -0.3 is 10.1 Å². The highest BCUT2D eigenvalue weighted by atomic mass is 16.5. The Kier molecular flexibility index (Phi) is 3.69. The number of anilines is 1. The molecule has 1 aromatic heterocycles. The molecule has 0 aliphatic carbocycles. The minimum atomic E-state index is 0.168. The zero-order valence-electron chi connectivity index (χ0n) is 13.8. The molecular weight excluding hydrogens is 300 g/mol. The Balaban J connectivity index is 1.75. The second kappa shape index (κ2) is 6.00. The molecule has 122 valence electrons. The molecule has 4 rings (SSSR count). The third-order valence-electron chi connectivity index (χ3n) is 4.67. The summed E-state index contributed by atoms with van der Waals surface area (Å²) >= 11 is 0. The van der Waals surface area contributed by atoms with Gasteiger partial charge in [0.15, 0.2) is 0 Å². The number of hydrogen-bond donors (Lipinski definition) is 1. The van der Waals surface area contributed by atoms with Crippen LogP contribution in [-0.2, 0) is 0 Å². The van der Waals surface area contributed by atoms with Gasteiger partial charge in [0, 0.05) is 0 Å². The maximum Gasteiger partial charge on any atom is 0.222 e. The summed E-state index contributed by atoms with van der Waals surface area (Å²) in [6.45, 7) is 2.15. The van der Waals surface area contributed by atoms with Crippen molar-refractivity contribution in [2.45, 2.75) is 25.4 Å². The molecular formula is C19H20N4O. The minimum Gasteiger partial charge on any atom is -0.497 e. The summed E-state index contributed by atoms with van der Waals surface area (Å²) in [6.07, 6.45) is 2.52. The largest absolute Gasteiger partial charge is 0.497 e. The highest BCUT2D eigenvalue weighted by molar-refractivity contribution is 5.41. The first-order valence-corrected chi connectivity index (χ1v) is 8.12. The lowest BCUT2D eigenvalue weighted by molar-refractivity contribution is 0.409. The number of aryl methyl sites for hydroxylation is 1. The van der Waals surface area contributed by atoms with Crippen molar-refractivity contribution in [1.29, 1.82) is 0 Å². The predicted molar refractivity (Wildman–Crippen MR) is 93.3 cm³/mol. The lowest BCUT2D eigenvalue weighted by Gasteiger charge is -2.32. The van der Waals surface area contributed by atoms with Crippen molar-refractivity contribution in [3.63, 3.8) is 0 Å². The van der Waals surface area contributed by atoms with E-state index in [9.17, 15) is 0 Å². The Bertz CT molecular complexity index is 858. The Morgan fingerprint density at radius 2 is 2.04 bits per heavy atom. The van der Waals surface area contributed by atoms with E-state index in [1.54, 1.807) is 13.4 Å². The summed E-state index contributed by atoms with van der Waals surface area (Å²) in [5.41, 5.74) is 3.76. The summed E-state index contributed by atoms with van der Waals surface area (Å²) < 4.78 is 7.35. The van der Waals surface area contributed by atoms with E-state index < -0.39 is 0 Å². The first kappa shape index (κ1) is 14.8. The van der Waals surface area contributed by atoms with E-state index in [2.05, 4.69) is 58.7 Å². The van der Waals surface area contributed by atoms with Gasteiger partial charge in [0.25, 0.3) is 0 Å². The fourth-order valence-electron chi connectivity index (χ4n) is 3.42. The standard InChI is InChI=1S/C19H20N4O/c1-13-6-3-4-9-16(13)18-11-17(22-19-20-12-21-23(18)19)14-7-5-8-15(10-14)24-2/h3-10,12,17-18H,11H2,1-2H3,(H,20,21,22). The maximum atomic E-state index is 5.37. The monoisotopic (exact) mass is 320 g/mol. The van der Waals surface area contributed by atoms with Gasteiger partial charge in [0.2, 0.25) is 5.95 Å². The van der Waals surface area contributed by atoms with Crippen LogP contribution in [0.3, 0.4) is 0 Å². The molecule has 0 amide bonds. The van der Waals surface area contributed by atoms with Crippen molar-refractivity contribution in [3.8, 4) is 5.75 Å². The zero-order chi connectivity index (χ0) is 16.5. The Morgan fingerprint density at radius 1 is 1.17 bits per heavy atom. The fraction of sp³-hybridized carbons (Fsp3) is 0.263. The molecule has 0 saturated heterocycles. The molecule has 2 atom stereocenters. The SMILES string of the molecule is COc1cccc(C2CC(c3ccccc3C)n3ncnc3N2)c1. The van der Waals surface area contributed by atoms with Gasteiger partial charge in [-0.25, -0.2) is 4.68 Å². The van der Waals surface area contributed by atoms with Gasteiger partial charge in [-0.15, -0.1) is 0 Å². The van der Waals surface area contributed by atoms with Crippen LogP contribution in [0.5, 0.6) is 5.75 Å². The summed E-state index contributed by atoms with van der Waals surface area (Å²) in [6, 6.07) is 17.0. The topological polar surface area (TPSA) is 52.0 Å². The van der Waals surface area contributed by atoms with Gasteiger partial charge in [-0.2, -0.15) is 10.1 Å². The Hall–Kier alpha value is -2.82. The normalized spacial score (nSPS) is 19.4. The van der Waals surface area contributed by atoms with Crippen LogP contribution in [0.15, 0.2) is 54.9 Å². The first-order valence-electron chi connectivity index (χ1n) is 8.12. The van der Waals surface area contributed by atoms with E-state index in [4.69, 9.17) is 4.74 Å². The lowest BCUT2D eigenvalue weighted by atomic mass is 9.91. The third kappa shape index (κ3) is 2.52. The molecule has 1 N–H and O–H groups in total. The number of fused-ring (bicyclic) bond motifs is 1. The lowest BCUT2D eigenvalue weighted by Crippen LogP contribution is -2.28. The van der Waals surface area contributed by atoms with Gasteiger partial charge in [-0.3, -0.25) is 0 Å². The quantitative estimate of drug-likeness (QED) is 0.799. The number of rotatable bonds is 3. The summed E-state index contributed by atoms with van der Waals surface area (Å²) in [5, 5.41) is 7.93. The van der Waals surface area contributed by atoms with E-state index in [0.717, 1.165) is 18.1 Å². The van der Waals surface area contributed by atoms with E-state index in [1.165, 1.54) is 16.7 Å². The number of benzene rings is 2. The van der Waals surface area contributed by atoms with Crippen LogP contribution < -0.4 is 10.1 Å². The average molecular weight is 320 g/mol. The second-order valence-corrected chi connectivity index (χ2v) is 6.11. The van der Waals surface area contributed by atoms with Crippen molar-refractivity contribution >= 4 is 5.95 Å².